The summed E-state index contributed by atoms with van der Waals surface area (Å²) in [6.07, 6.45) is 4.77. The van der Waals surface area contributed by atoms with Crippen molar-refractivity contribution in [1.82, 2.24) is 9.97 Å². The number of hydrogen-bond donors (Lipinski definition) is 1. The van der Waals surface area contributed by atoms with E-state index in [1.54, 1.807) is 40.8 Å². The van der Waals surface area contributed by atoms with Gasteiger partial charge in [-0.05, 0) is 65.9 Å². The van der Waals surface area contributed by atoms with E-state index in [-0.39, 0.29) is 23.9 Å². The molecule has 0 aromatic carbocycles. The molecule has 6 nitrogen and oxygen atoms in total. The van der Waals surface area contributed by atoms with Gasteiger partial charge in [-0.3, -0.25) is 9.78 Å². The number of aryl methyl sites for hydroxylation is 1. The molecule has 1 aliphatic rings. The zero-order chi connectivity index (χ0) is 28.6. The zero-order valence-electron chi connectivity index (χ0n) is 24.2. The summed E-state index contributed by atoms with van der Waals surface area (Å²) in [5.74, 6) is -2.49. The van der Waals surface area contributed by atoms with Gasteiger partial charge in [-0.1, -0.05) is 27.7 Å². The fourth-order valence-electron chi connectivity index (χ4n) is 3.77. The van der Waals surface area contributed by atoms with Crippen molar-refractivity contribution in [3.63, 3.8) is 0 Å². The van der Waals surface area contributed by atoms with E-state index in [0.29, 0.717) is 11.1 Å². The minimum absolute atomic E-state index is 0.0667. The third kappa shape index (κ3) is 10.7. The molecule has 1 N–H and O–H groups in total. The molecule has 1 fully saturated rings. The van der Waals surface area contributed by atoms with E-state index in [9.17, 15) is 13.6 Å². The molecule has 0 radical (unpaired) electrons. The lowest BCUT2D eigenvalue weighted by Gasteiger charge is -2.40. The van der Waals surface area contributed by atoms with Crippen molar-refractivity contribution in [2.75, 3.05) is 18.0 Å². The summed E-state index contributed by atoms with van der Waals surface area (Å²) in [7, 11) is 0. The largest absolute Gasteiger partial charge is 0.463 e. The monoisotopic (exact) mass is 521 g/mol. The summed E-state index contributed by atoms with van der Waals surface area (Å²) < 4.78 is 32.7. The van der Waals surface area contributed by atoms with Crippen LogP contribution >= 0.6 is 0 Å². The average molecular weight is 522 g/mol. The molecule has 1 saturated heterocycles. The van der Waals surface area contributed by atoms with Crippen LogP contribution in [0.15, 0.2) is 18.5 Å². The topological polar surface area (TPSA) is 75.6 Å². The highest BCUT2D eigenvalue weighted by Gasteiger charge is 2.30. The average Bonchev–Trinajstić information content (AvgIpc) is 2.77. The molecule has 2 aromatic rings. The predicted molar refractivity (Wildman–Crippen MR) is 146 cm³/mol. The smallest absolute Gasteiger partial charge is 0.310 e. The Bertz CT molecular complexity index is 1020. The van der Waals surface area contributed by atoms with E-state index in [1.807, 2.05) is 20.8 Å². The Morgan fingerprint density at radius 2 is 1.68 bits per heavy atom. The fourth-order valence-corrected chi connectivity index (χ4v) is 3.77. The molecule has 3 heterocycles. The number of carbonyl (C=O) groups excluding carboxylic acids is 1. The van der Waals surface area contributed by atoms with Gasteiger partial charge in [0.2, 0.25) is 5.95 Å². The van der Waals surface area contributed by atoms with Crippen LogP contribution in [-0.4, -0.2) is 45.8 Å². The van der Waals surface area contributed by atoms with Gasteiger partial charge in [0.05, 0.1) is 23.8 Å². The maximum Gasteiger partial charge on any atom is 0.310 e. The van der Waals surface area contributed by atoms with Crippen molar-refractivity contribution in [2.24, 2.45) is 5.41 Å². The number of rotatable bonds is 5. The van der Waals surface area contributed by atoms with Gasteiger partial charge in [-0.2, -0.15) is 4.39 Å². The Labute approximate surface area is 221 Å². The molecular formula is C29H45F2N3O3. The van der Waals surface area contributed by atoms with Crippen LogP contribution < -0.4 is 4.90 Å². The van der Waals surface area contributed by atoms with Crippen molar-refractivity contribution < 1.29 is 23.4 Å². The molecule has 3 rings (SSSR count). The van der Waals surface area contributed by atoms with E-state index in [4.69, 9.17) is 9.84 Å². The number of anilines is 1. The maximum absolute atomic E-state index is 13.9. The number of hydrogen-bond acceptors (Lipinski definition) is 6. The van der Waals surface area contributed by atoms with E-state index in [1.165, 1.54) is 6.20 Å². The molecule has 1 aliphatic heterocycles. The van der Waals surface area contributed by atoms with Crippen LogP contribution in [0.3, 0.4) is 0 Å². The van der Waals surface area contributed by atoms with Gasteiger partial charge < -0.3 is 14.7 Å². The number of aromatic nitrogens is 2. The first-order valence-electron chi connectivity index (χ1n) is 13.0. The summed E-state index contributed by atoms with van der Waals surface area (Å²) in [6.45, 7) is 20.8. The highest BCUT2D eigenvalue weighted by atomic mass is 19.2. The fraction of sp³-hybridized carbons (Fsp3) is 0.621. The number of aliphatic hydroxyl groups is 1. The first-order valence-corrected chi connectivity index (χ1v) is 13.0. The Morgan fingerprint density at radius 3 is 2.16 bits per heavy atom. The minimum Gasteiger partial charge on any atom is -0.463 e. The van der Waals surface area contributed by atoms with Gasteiger partial charge in [0.1, 0.15) is 0 Å². The number of ether oxygens (including phenoxy) is 1. The van der Waals surface area contributed by atoms with Gasteiger partial charge in [0, 0.05) is 47.9 Å². The zero-order valence-corrected chi connectivity index (χ0v) is 24.2. The van der Waals surface area contributed by atoms with E-state index >= 15 is 0 Å². The second-order valence-corrected chi connectivity index (χ2v) is 11.1. The lowest BCUT2D eigenvalue weighted by molar-refractivity contribution is -0.146. The number of pyridine rings is 2. The molecule has 0 amide bonds. The molecule has 208 valence electrons. The molecule has 0 atom stereocenters. The highest BCUT2D eigenvalue weighted by Crippen LogP contribution is 2.40. The van der Waals surface area contributed by atoms with Crippen LogP contribution in [0.5, 0.6) is 0 Å². The lowest BCUT2D eigenvalue weighted by atomic mass is 9.82. The molecule has 37 heavy (non-hydrogen) atoms. The minimum atomic E-state index is -1.14. The van der Waals surface area contributed by atoms with Gasteiger partial charge in [0.25, 0.3) is 0 Å². The molecule has 2 aromatic heterocycles. The quantitative estimate of drug-likeness (QED) is 0.351. The molecule has 0 unspecified atom stereocenters. The highest BCUT2D eigenvalue weighted by molar-refractivity contribution is 5.84. The number of halogens is 2. The third-order valence-electron chi connectivity index (χ3n) is 5.59. The van der Waals surface area contributed by atoms with Crippen molar-refractivity contribution in [2.45, 2.75) is 100 Å². The summed E-state index contributed by atoms with van der Waals surface area (Å²) in [5, 5.41) is 8.52. The van der Waals surface area contributed by atoms with E-state index < -0.39 is 17.4 Å². The molecule has 0 spiro atoms. The first kappa shape index (κ1) is 32.4. The Hall–Kier alpha value is -2.61. The molecule has 0 aliphatic carbocycles. The maximum atomic E-state index is 13.9. The normalized spacial score (nSPS) is 14.8. The molecule has 0 bridgehead atoms. The van der Waals surface area contributed by atoms with Gasteiger partial charge >= 0.3 is 5.97 Å². The second kappa shape index (κ2) is 13.8. The molecular weight excluding hydrogens is 476 g/mol. The number of carbonyl (C=O) groups is 1. The summed E-state index contributed by atoms with van der Waals surface area (Å²) in [6, 6.07) is 1.13. The van der Waals surface area contributed by atoms with Gasteiger partial charge in [-0.25, -0.2) is 9.37 Å². The molecule has 0 saturated carbocycles. The SMILES string of the molecule is CC.CC(C)(C)O.Cc1ncc(-c2cnc(F)c(F)c2)c(N2CCC(C)(C)CC2)c1CC(=O)OC(C)C. The van der Waals surface area contributed by atoms with Crippen molar-refractivity contribution in [3.05, 3.63) is 41.5 Å². The van der Waals surface area contributed by atoms with E-state index in [2.05, 4.69) is 28.7 Å². The van der Waals surface area contributed by atoms with Gasteiger partial charge in [-0.15, -0.1) is 0 Å². The van der Waals surface area contributed by atoms with E-state index in [0.717, 1.165) is 48.9 Å². The summed E-state index contributed by atoms with van der Waals surface area (Å²) in [5.41, 5.74) is 3.10. The van der Waals surface area contributed by atoms with Crippen LogP contribution in [-0.2, 0) is 16.0 Å². The Balaban J connectivity index is 0.000000874. The van der Waals surface area contributed by atoms with Crippen LogP contribution in [0.4, 0.5) is 14.5 Å². The number of piperidine rings is 1. The van der Waals surface area contributed by atoms with Crippen molar-refractivity contribution in [3.8, 4) is 11.1 Å². The summed E-state index contributed by atoms with van der Waals surface area (Å²) in [4.78, 5) is 22.7. The third-order valence-corrected chi connectivity index (χ3v) is 5.59. The molecule has 8 heteroatoms. The summed E-state index contributed by atoms with van der Waals surface area (Å²) >= 11 is 0. The van der Waals surface area contributed by atoms with Crippen LogP contribution in [0, 0.1) is 24.1 Å². The van der Waals surface area contributed by atoms with Crippen LogP contribution in [0.25, 0.3) is 11.1 Å². The number of nitrogens with zero attached hydrogens (tertiary/aromatic N) is 3. The van der Waals surface area contributed by atoms with Crippen LogP contribution in [0.1, 0.15) is 86.4 Å². The van der Waals surface area contributed by atoms with Gasteiger partial charge in [0.15, 0.2) is 5.82 Å². The standard InChI is InChI=1S/C23H29F2N3O2.C4H10O.C2H6/c1-14(2)30-20(29)11-17-15(3)26-13-18(16-10-19(24)22(25)27-12-16)21(17)28-8-6-23(4,5)7-9-28;1-4(2,3)5;1-2/h10,12-14H,6-9,11H2,1-5H3;5H,1-3H3;1-2H3. The van der Waals surface area contributed by atoms with Crippen molar-refractivity contribution in [1.29, 1.82) is 0 Å². The van der Waals surface area contributed by atoms with Crippen LogP contribution in [0.2, 0.25) is 0 Å². The number of esters is 1. The lowest BCUT2D eigenvalue weighted by Crippen LogP contribution is -2.38. The Morgan fingerprint density at radius 1 is 1.14 bits per heavy atom. The Kier molecular flexibility index (Phi) is 12.1. The first-order chi connectivity index (χ1) is 17.1. The predicted octanol–water partition coefficient (Wildman–Crippen LogP) is 6.65. The second-order valence-electron chi connectivity index (χ2n) is 11.1. The van der Waals surface area contributed by atoms with Crippen molar-refractivity contribution >= 4 is 11.7 Å².